The van der Waals surface area contributed by atoms with Gasteiger partial charge in [0.2, 0.25) is 0 Å². The molecule has 0 saturated heterocycles. The van der Waals surface area contributed by atoms with Gasteiger partial charge in [0.1, 0.15) is 18.1 Å². The molecule has 3 rings (SSSR count). The largest absolute Gasteiger partial charge is 0.486 e. The first-order valence-electron chi connectivity index (χ1n) is 9.62. The van der Waals surface area contributed by atoms with Gasteiger partial charge in [0.15, 0.2) is 5.76 Å². The van der Waals surface area contributed by atoms with Crippen LogP contribution in [0.15, 0.2) is 65.1 Å². The number of nitrogens with zero attached hydrogens (tertiary/aromatic N) is 2. The van der Waals surface area contributed by atoms with Gasteiger partial charge in [0.05, 0.1) is 4.92 Å². The number of carbonyl (C=O) groups is 1. The maximum Gasteiger partial charge on any atom is 0.291 e. The number of anilines is 2. The summed E-state index contributed by atoms with van der Waals surface area (Å²) in [4.78, 5) is 24.8. The lowest BCUT2D eigenvalue weighted by Gasteiger charge is -2.21. The fourth-order valence-corrected chi connectivity index (χ4v) is 2.93. The third-order valence-electron chi connectivity index (χ3n) is 4.57. The summed E-state index contributed by atoms with van der Waals surface area (Å²) in [6.07, 6.45) is 0. The van der Waals surface area contributed by atoms with E-state index in [9.17, 15) is 14.9 Å². The van der Waals surface area contributed by atoms with Crippen LogP contribution in [0.4, 0.5) is 17.1 Å². The summed E-state index contributed by atoms with van der Waals surface area (Å²) in [5, 5.41) is 13.5. The lowest BCUT2D eigenvalue weighted by Crippen LogP contribution is -2.21. The number of nitro groups is 1. The normalized spacial score (nSPS) is 10.5. The van der Waals surface area contributed by atoms with Gasteiger partial charge in [-0.3, -0.25) is 14.9 Å². The summed E-state index contributed by atoms with van der Waals surface area (Å²) in [7, 11) is 0. The Balaban J connectivity index is 1.56. The van der Waals surface area contributed by atoms with E-state index in [1.807, 2.05) is 24.3 Å². The minimum atomic E-state index is -0.474. The van der Waals surface area contributed by atoms with E-state index in [1.54, 1.807) is 12.1 Å². The topological polar surface area (TPSA) is 97.9 Å². The second kappa shape index (κ2) is 9.60. The fraction of sp³-hybridized carbons (Fsp3) is 0.227. The number of ether oxygens (including phenoxy) is 1. The zero-order valence-electron chi connectivity index (χ0n) is 16.8. The lowest BCUT2D eigenvalue weighted by molar-refractivity contribution is -0.384. The summed E-state index contributed by atoms with van der Waals surface area (Å²) in [6, 6.07) is 16.6. The van der Waals surface area contributed by atoms with Crippen LogP contribution in [0.25, 0.3) is 0 Å². The molecule has 3 aromatic rings. The Bertz CT molecular complexity index is 992. The zero-order chi connectivity index (χ0) is 21.5. The third-order valence-corrected chi connectivity index (χ3v) is 4.57. The second-order valence-corrected chi connectivity index (χ2v) is 6.48. The molecule has 1 amide bonds. The molecule has 0 saturated carbocycles. The fourth-order valence-electron chi connectivity index (χ4n) is 2.93. The van der Waals surface area contributed by atoms with E-state index in [4.69, 9.17) is 9.15 Å². The van der Waals surface area contributed by atoms with E-state index in [0.29, 0.717) is 17.2 Å². The van der Waals surface area contributed by atoms with Crippen LogP contribution in [-0.4, -0.2) is 23.9 Å². The van der Waals surface area contributed by atoms with Crippen LogP contribution in [0.3, 0.4) is 0 Å². The van der Waals surface area contributed by atoms with Gasteiger partial charge in [0.25, 0.3) is 11.6 Å². The van der Waals surface area contributed by atoms with Gasteiger partial charge >= 0.3 is 0 Å². The maximum absolute atomic E-state index is 12.4. The highest BCUT2D eigenvalue weighted by Gasteiger charge is 2.13. The number of benzene rings is 2. The lowest BCUT2D eigenvalue weighted by atomic mass is 10.2. The van der Waals surface area contributed by atoms with Gasteiger partial charge in [-0.15, -0.1) is 0 Å². The molecule has 0 spiro atoms. The van der Waals surface area contributed by atoms with Crippen molar-refractivity contribution < 1.29 is 18.9 Å². The van der Waals surface area contributed by atoms with E-state index < -0.39 is 4.92 Å². The van der Waals surface area contributed by atoms with E-state index in [2.05, 4.69) is 24.1 Å². The van der Waals surface area contributed by atoms with E-state index >= 15 is 0 Å². The molecule has 0 atom stereocenters. The Morgan fingerprint density at radius 1 is 1.03 bits per heavy atom. The van der Waals surface area contributed by atoms with Crippen molar-refractivity contribution in [3.05, 3.63) is 82.3 Å². The number of nitro benzene ring substituents is 1. The van der Waals surface area contributed by atoms with Gasteiger partial charge in [-0.05, 0) is 62.4 Å². The Kier molecular flexibility index (Phi) is 6.69. The quantitative estimate of drug-likeness (QED) is 0.400. The molecule has 0 aliphatic rings. The molecular formula is C22H23N3O5. The van der Waals surface area contributed by atoms with Gasteiger partial charge < -0.3 is 19.4 Å². The van der Waals surface area contributed by atoms with Crippen LogP contribution in [0.2, 0.25) is 0 Å². The highest BCUT2D eigenvalue weighted by Crippen LogP contribution is 2.21. The average molecular weight is 409 g/mol. The molecule has 0 aliphatic heterocycles. The number of carbonyl (C=O) groups excluding carboxylic acids is 1. The van der Waals surface area contributed by atoms with Crippen LogP contribution in [0.5, 0.6) is 5.75 Å². The van der Waals surface area contributed by atoms with Crippen LogP contribution < -0.4 is 15.0 Å². The number of furan rings is 1. The van der Waals surface area contributed by atoms with Gasteiger partial charge in [-0.2, -0.15) is 0 Å². The van der Waals surface area contributed by atoms with E-state index in [-0.39, 0.29) is 24.0 Å². The van der Waals surface area contributed by atoms with Crippen molar-refractivity contribution in [3.63, 3.8) is 0 Å². The van der Waals surface area contributed by atoms with Crippen molar-refractivity contribution in [2.24, 2.45) is 0 Å². The molecule has 1 N–H and O–H groups in total. The Hall–Kier alpha value is -3.81. The molecule has 1 aromatic heterocycles. The summed E-state index contributed by atoms with van der Waals surface area (Å²) in [5.74, 6) is 0.754. The Morgan fingerprint density at radius 2 is 1.70 bits per heavy atom. The number of amides is 1. The Morgan fingerprint density at radius 3 is 2.30 bits per heavy atom. The molecule has 0 bridgehead atoms. The smallest absolute Gasteiger partial charge is 0.291 e. The summed E-state index contributed by atoms with van der Waals surface area (Å²) in [6.45, 7) is 6.13. The summed E-state index contributed by atoms with van der Waals surface area (Å²) >= 11 is 0. The van der Waals surface area contributed by atoms with E-state index in [0.717, 1.165) is 18.8 Å². The van der Waals surface area contributed by atoms with Crippen molar-refractivity contribution in [1.82, 2.24) is 0 Å². The predicted octanol–water partition coefficient (Wildman–Crippen LogP) is 4.87. The third kappa shape index (κ3) is 5.16. The van der Waals surface area contributed by atoms with Crippen LogP contribution in [-0.2, 0) is 6.61 Å². The number of nitrogens with one attached hydrogen (secondary N) is 1. The molecule has 2 aromatic carbocycles. The van der Waals surface area contributed by atoms with Gasteiger partial charge in [-0.1, -0.05) is 0 Å². The monoisotopic (exact) mass is 409 g/mol. The van der Waals surface area contributed by atoms with E-state index in [1.165, 1.54) is 24.3 Å². The number of hydrogen-bond acceptors (Lipinski definition) is 6. The predicted molar refractivity (Wildman–Crippen MR) is 114 cm³/mol. The van der Waals surface area contributed by atoms with Crippen LogP contribution in [0, 0.1) is 10.1 Å². The number of non-ortho nitro benzene ring substituents is 1. The molecule has 0 radical (unpaired) electrons. The summed E-state index contributed by atoms with van der Waals surface area (Å²) in [5.41, 5.74) is 1.77. The molecular weight excluding hydrogens is 386 g/mol. The first-order chi connectivity index (χ1) is 14.5. The second-order valence-electron chi connectivity index (χ2n) is 6.48. The Labute approximate surface area is 174 Å². The van der Waals surface area contributed by atoms with Crippen molar-refractivity contribution in [3.8, 4) is 5.75 Å². The van der Waals surface area contributed by atoms with Crippen LogP contribution in [0.1, 0.15) is 30.2 Å². The van der Waals surface area contributed by atoms with Gasteiger partial charge in [-0.25, -0.2) is 0 Å². The molecule has 0 fully saturated rings. The van der Waals surface area contributed by atoms with Gasteiger partial charge in [0, 0.05) is 36.6 Å². The molecule has 30 heavy (non-hydrogen) atoms. The maximum atomic E-state index is 12.4. The molecule has 0 aliphatic carbocycles. The van der Waals surface area contributed by atoms with Crippen molar-refractivity contribution in [2.75, 3.05) is 23.3 Å². The van der Waals surface area contributed by atoms with Crippen molar-refractivity contribution in [1.29, 1.82) is 0 Å². The van der Waals surface area contributed by atoms with Crippen LogP contribution >= 0.6 is 0 Å². The van der Waals surface area contributed by atoms with Crippen molar-refractivity contribution >= 4 is 23.0 Å². The number of hydrogen-bond donors (Lipinski definition) is 1. The molecule has 156 valence electrons. The molecule has 1 heterocycles. The minimum Gasteiger partial charge on any atom is -0.486 e. The first-order valence-corrected chi connectivity index (χ1v) is 9.62. The standard InChI is InChI=1S/C22H23N3O5/c1-3-24(4-2)17-7-5-16(6-8-17)23-22(26)21-14-13-20(30-21)15-29-19-11-9-18(10-12-19)25(27)28/h5-14H,3-4,15H2,1-2H3,(H,23,26). The highest BCUT2D eigenvalue weighted by molar-refractivity contribution is 6.02. The molecule has 8 nitrogen and oxygen atoms in total. The number of rotatable bonds is 9. The zero-order valence-corrected chi connectivity index (χ0v) is 16.8. The summed E-state index contributed by atoms with van der Waals surface area (Å²) < 4.78 is 11.1. The minimum absolute atomic E-state index is 0.00978. The molecule has 8 heteroatoms. The van der Waals surface area contributed by atoms with Crippen molar-refractivity contribution in [2.45, 2.75) is 20.5 Å². The SMILES string of the molecule is CCN(CC)c1ccc(NC(=O)c2ccc(COc3ccc([N+](=O)[O-])cc3)o2)cc1. The highest BCUT2D eigenvalue weighted by atomic mass is 16.6. The molecule has 0 unspecified atom stereocenters. The average Bonchev–Trinajstić information content (AvgIpc) is 3.24. The first kappa shape index (κ1) is 20.9.